The first-order valence-electron chi connectivity index (χ1n) is 7.74. The Morgan fingerprint density at radius 3 is 2.29 bits per heavy atom. The van der Waals surface area contributed by atoms with Crippen LogP contribution in [0.4, 0.5) is 0 Å². The minimum absolute atomic E-state index is 0.110. The minimum Gasteiger partial charge on any atom is -0.493 e. The fraction of sp³-hybridized carbons (Fsp3) is 0.529. The Bertz CT molecular complexity index is 590. The molecule has 0 saturated carbocycles. The number of hydrogen-bond acceptors (Lipinski definition) is 7. The van der Waals surface area contributed by atoms with Gasteiger partial charge in [0.15, 0.2) is 17.3 Å². The maximum atomic E-state index is 12.0. The number of carbonyl (C=O) groups is 2. The molecule has 1 atom stereocenters. The number of ketones is 1. The minimum atomic E-state index is -0.702. The number of likely N-dealkylation sites (tertiary alicyclic amines) is 1. The molecule has 2 rings (SSSR count). The van der Waals surface area contributed by atoms with Crippen LogP contribution in [0.1, 0.15) is 12.5 Å². The Morgan fingerprint density at radius 2 is 1.79 bits per heavy atom. The molecule has 0 aromatic heterocycles. The summed E-state index contributed by atoms with van der Waals surface area (Å²) in [6, 6.07) is 3.67. The number of Topliss-reactive ketones (excluding diaryl/α,β-unsaturated/α-hetero) is 1. The van der Waals surface area contributed by atoms with Gasteiger partial charge in [-0.25, -0.2) is 0 Å². The second kappa shape index (κ2) is 8.01. The van der Waals surface area contributed by atoms with Crippen molar-refractivity contribution in [3.8, 4) is 17.2 Å². The molecular formula is C17H23NO6. The molecule has 132 valence electrons. The summed E-state index contributed by atoms with van der Waals surface area (Å²) in [7, 11) is 4.65. The third-order valence-electron chi connectivity index (χ3n) is 3.91. The molecule has 1 unspecified atom stereocenters. The molecule has 1 aliphatic rings. The predicted molar refractivity (Wildman–Crippen MR) is 86.5 cm³/mol. The number of hydrogen-bond donors (Lipinski definition) is 0. The van der Waals surface area contributed by atoms with Crippen LogP contribution < -0.4 is 14.2 Å². The molecule has 0 radical (unpaired) electrons. The first-order chi connectivity index (χ1) is 11.5. The molecule has 1 aliphatic heterocycles. The quantitative estimate of drug-likeness (QED) is 0.548. The molecule has 1 heterocycles. The van der Waals surface area contributed by atoms with E-state index in [9.17, 15) is 9.59 Å². The zero-order valence-corrected chi connectivity index (χ0v) is 14.5. The van der Waals surface area contributed by atoms with E-state index in [2.05, 4.69) is 0 Å². The summed E-state index contributed by atoms with van der Waals surface area (Å²) in [6.07, 6.45) is 0. The molecule has 0 bridgehead atoms. The number of methoxy groups -OCH3 is 3. The number of benzene rings is 1. The van der Waals surface area contributed by atoms with Crippen molar-refractivity contribution >= 4 is 11.8 Å². The summed E-state index contributed by atoms with van der Waals surface area (Å²) in [5.41, 5.74) is 0.904. The van der Waals surface area contributed by atoms with E-state index in [1.165, 1.54) is 0 Å². The lowest BCUT2D eigenvalue weighted by molar-refractivity contribution is -0.149. The van der Waals surface area contributed by atoms with Crippen molar-refractivity contribution in [2.45, 2.75) is 13.5 Å². The van der Waals surface area contributed by atoms with Gasteiger partial charge in [-0.3, -0.25) is 14.5 Å². The molecule has 0 spiro atoms. The van der Waals surface area contributed by atoms with Gasteiger partial charge in [0.05, 0.1) is 34.5 Å². The lowest BCUT2D eigenvalue weighted by Crippen LogP contribution is -2.25. The fourth-order valence-corrected chi connectivity index (χ4v) is 2.81. The van der Waals surface area contributed by atoms with E-state index in [1.54, 1.807) is 28.3 Å². The number of nitrogens with zero attached hydrogens (tertiary/aromatic N) is 1. The zero-order chi connectivity index (χ0) is 17.7. The summed E-state index contributed by atoms with van der Waals surface area (Å²) in [6.45, 7) is 3.08. The normalized spacial score (nSPS) is 17.7. The van der Waals surface area contributed by atoms with Gasteiger partial charge >= 0.3 is 5.97 Å². The van der Waals surface area contributed by atoms with Gasteiger partial charge < -0.3 is 18.9 Å². The van der Waals surface area contributed by atoms with E-state index in [1.807, 2.05) is 17.0 Å². The van der Waals surface area contributed by atoms with Crippen LogP contribution in [0.2, 0.25) is 0 Å². The Labute approximate surface area is 141 Å². The highest BCUT2D eigenvalue weighted by atomic mass is 16.5. The summed E-state index contributed by atoms with van der Waals surface area (Å²) in [5, 5.41) is 0. The van der Waals surface area contributed by atoms with Crippen molar-refractivity contribution < 1.29 is 28.5 Å². The molecule has 1 saturated heterocycles. The molecule has 7 nitrogen and oxygen atoms in total. The number of ether oxygens (including phenoxy) is 4. The van der Waals surface area contributed by atoms with Gasteiger partial charge in [0.1, 0.15) is 5.92 Å². The average molecular weight is 337 g/mol. The molecule has 24 heavy (non-hydrogen) atoms. The van der Waals surface area contributed by atoms with Crippen LogP contribution in [0.5, 0.6) is 17.2 Å². The van der Waals surface area contributed by atoms with E-state index in [0.717, 1.165) is 5.56 Å². The van der Waals surface area contributed by atoms with Crippen LogP contribution in [-0.4, -0.2) is 57.7 Å². The third-order valence-corrected chi connectivity index (χ3v) is 3.91. The zero-order valence-electron chi connectivity index (χ0n) is 14.5. The molecule has 1 fully saturated rings. The van der Waals surface area contributed by atoms with Crippen molar-refractivity contribution in [1.29, 1.82) is 0 Å². The largest absolute Gasteiger partial charge is 0.493 e. The maximum Gasteiger partial charge on any atom is 0.317 e. The molecule has 1 aromatic carbocycles. The number of esters is 1. The van der Waals surface area contributed by atoms with Gasteiger partial charge in [0.25, 0.3) is 0 Å². The van der Waals surface area contributed by atoms with E-state index < -0.39 is 11.9 Å². The summed E-state index contributed by atoms with van der Waals surface area (Å²) >= 11 is 0. The van der Waals surface area contributed by atoms with Crippen molar-refractivity contribution in [2.24, 2.45) is 5.92 Å². The van der Waals surface area contributed by atoms with Crippen LogP contribution in [0, 0.1) is 5.92 Å². The van der Waals surface area contributed by atoms with Gasteiger partial charge in [-0.05, 0) is 24.6 Å². The van der Waals surface area contributed by atoms with Crippen molar-refractivity contribution in [3.63, 3.8) is 0 Å². The van der Waals surface area contributed by atoms with Gasteiger partial charge in [-0.15, -0.1) is 0 Å². The highest BCUT2D eigenvalue weighted by Crippen LogP contribution is 2.38. The molecule has 7 heteroatoms. The lowest BCUT2D eigenvalue weighted by atomic mass is 10.1. The Morgan fingerprint density at radius 1 is 1.17 bits per heavy atom. The Hall–Kier alpha value is -2.28. The van der Waals surface area contributed by atoms with E-state index >= 15 is 0 Å². The first-order valence-corrected chi connectivity index (χ1v) is 7.74. The van der Waals surface area contributed by atoms with Crippen molar-refractivity contribution in [1.82, 2.24) is 4.90 Å². The van der Waals surface area contributed by atoms with E-state index in [4.69, 9.17) is 18.9 Å². The van der Waals surface area contributed by atoms with Crippen LogP contribution in [-0.2, 0) is 20.9 Å². The molecule has 0 amide bonds. The second-order valence-corrected chi connectivity index (χ2v) is 5.47. The van der Waals surface area contributed by atoms with Crippen LogP contribution in [0.25, 0.3) is 0 Å². The first kappa shape index (κ1) is 18.1. The van der Waals surface area contributed by atoms with E-state index in [0.29, 0.717) is 30.3 Å². The van der Waals surface area contributed by atoms with Crippen LogP contribution in [0.3, 0.4) is 0 Å². The second-order valence-electron chi connectivity index (χ2n) is 5.47. The summed E-state index contributed by atoms with van der Waals surface area (Å²) in [5.74, 6) is 0.368. The average Bonchev–Trinajstić information content (AvgIpc) is 2.94. The maximum absolute atomic E-state index is 12.0. The van der Waals surface area contributed by atoms with E-state index in [-0.39, 0.29) is 18.9 Å². The van der Waals surface area contributed by atoms with Gasteiger partial charge in [-0.1, -0.05) is 0 Å². The van der Waals surface area contributed by atoms with Crippen LogP contribution in [0.15, 0.2) is 12.1 Å². The van der Waals surface area contributed by atoms with Crippen LogP contribution >= 0.6 is 0 Å². The van der Waals surface area contributed by atoms with Gasteiger partial charge in [0.2, 0.25) is 5.75 Å². The lowest BCUT2D eigenvalue weighted by Gasteiger charge is -2.18. The Kier molecular flexibility index (Phi) is 6.03. The number of rotatable bonds is 7. The summed E-state index contributed by atoms with van der Waals surface area (Å²) < 4.78 is 20.9. The highest BCUT2D eigenvalue weighted by Gasteiger charge is 2.37. The Balaban J connectivity index is 2.14. The molecule has 0 aliphatic carbocycles. The molecule has 1 aromatic rings. The van der Waals surface area contributed by atoms with Gasteiger partial charge in [0, 0.05) is 13.1 Å². The predicted octanol–water partition coefficient (Wildman–Crippen LogP) is 1.28. The molecule has 0 N–H and O–H groups in total. The third kappa shape index (κ3) is 3.79. The number of carbonyl (C=O) groups excluding carboxylic acids is 2. The summed E-state index contributed by atoms with van der Waals surface area (Å²) in [4.78, 5) is 25.7. The van der Waals surface area contributed by atoms with Crippen molar-refractivity contribution in [3.05, 3.63) is 17.7 Å². The monoisotopic (exact) mass is 337 g/mol. The van der Waals surface area contributed by atoms with Gasteiger partial charge in [-0.2, -0.15) is 0 Å². The highest BCUT2D eigenvalue weighted by molar-refractivity contribution is 6.01. The smallest absolute Gasteiger partial charge is 0.317 e. The topological polar surface area (TPSA) is 74.3 Å². The SMILES string of the molecule is CCOC(=O)C1CN(Cc2cc(OC)c(OC)c(OC)c2)CC1=O. The van der Waals surface area contributed by atoms with Crippen molar-refractivity contribution in [2.75, 3.05) is 41.0 Å². The fourth-order valence-electron chi connectivity index (χ4n) is 2.81. The molecular weight excluding hydrogens is 314 g/mol. The standard InChI is InChI=1S/C17H23NO6/c1-5-24-17(20)12-9-18(10-13(12)19)8-11-6-14(21-2)16(23-4)15(7-11)22-3/h6-7,12H,5,8-10H2,1-4H3.